The van der Waals surface area contributed by atoms with Gasteiger partial charge in [-0.2, -0.15) is 0 Å². The van der Waals surface area contributed by atoms with Crippen LogP contribution in [-0.4, -0.2) is 32.9 Å². The van der Waals surface area contributed by atoms with Crippen molar-refractivity contribution in [1.29, 1.82) is 0 Å². The number of nitrogens with zero attached hydrogens (tertiary/aromatic N) is 4. The highest BCUT2D eigenvalue weighted by Gasteiger charge is 2.38. The molecule has 1 aliphatic carbocycles. The summed E-state index contributed by atoms with van der Waals surface area (Å²) in [7, 11) is 1.70. The van der Waals surface area contributed by atoms with Crippen LogP contribution in [-0.2, 0) is 11.3 Å². The average Bonchev–Trinajstić information content (AvgIpc) is 2.82. The van der Waals surface area contributed by atoms with Crippen LogP contribution >= 0.6 is 0 Å². The van der Waals surface area contributed by atoms with Crippen LogP contribution in [0.25, 0.3) is 11.4 Å². The Kier molecular flexibility index (Phi) is 3.13. The molecule has 3 rings (SSSR count). The van der Waals surface area contributed by atoms with Gasteiger partial charge in [0.25, 0.3) is 0 Å². The molecule has 1 fully saturated rings. The predicted octanol–water partition coefficient (Wildman–Crippen LogP) is 1.63. The summed E-state index contributed by atoms with van der Waals surface area (Å²) >= 11 is 0. The quantitative estimate of drug-likeness (QED) is 0.859. The summed E-state index contributed by atoms with van der Waals surface area (Å²) in [5.74, 6) is 0.156. The van der Waals surface area contributed by atoms with Crippen LogP contribution in [0.4, 0.5) is 10.1 Å². The van der Waals surface area contributed by atoms with Crippen molar-refractivity contribution in [1.82, 2.24) is 20.2 Å². The number of halogens is 1. The van der Waals surface area contributed by atoms with E-state index in [2.05, 4.69) is 15.5 Å². The first kappa shape index (κ1) is 13.0. The number of nitrogen functional groups attached to an aromatic ring is 1. The first-order valence-electron chi connectivity index (χ1n) is 6.50. The van der Waals surface area contributed by atoms with Crippen molar-refractivity contribution in [2.75, 3.05) is 12.8 Å². The Hall–Kier alpha value is -2.02. The maximum Gasteiger partial charge on any atom is 0.184 e. The van der Waals surface area contributed by atoms with Crippen LogP contribution in [0.15, 0.2) is 18.2 Å². The molecule has 0 unspecified atom stereocenters. The van der Waals surface area contributed by atoms with Crippen LogP contribution in [0.1, 0.15) is 19.3 Å². The summed E-state index contributed by atoms with van der Waals surface area (Å²) in [6.45, 7) is 0.572. The largest absolute Gasteiger partial charge is 0.398 e. The Balaban J connectivity index is 1.93. The fourth-order valence-corrected chi connectivity index (χ4v) is 2.51. The number of rotatable bonds is 4. The van der Waals surface area contributed by atoms with E-state index in [1.165, 1.54) is 12.1 Å². The van der Waals surface area contributed by atoms with Gasteiger partial charge in [0.2, 0.25) is 0 Å². The first-order chi connectivity index (χ1) is 9.63. The Bertz CT molecular complexity index is 617. The highest BCUT2D eigenvalue weighted by molar-refractivity contribution is 5.71. The molecule has 1 heterocycles. The van der Waals surface area contributed by atoms with E-state index in [1.54, 1.807) is 17.9 Å². The molecule has 0 radical (unpaired) electrons. The lowest BCUT2D eigenvalue weighted by Gasteiger charge is -2.40. The number of methoxy groups -OCH3 is 1. The highest BCUT2D eigenvalue weighted by Crippen LogP contribution is 2.37. The van der Waals surface area contributed by atoms with Crippen molar-refractivity contribution in [2.24, 2.45) is 0 Å². The monoisotopic (exact) mass is 277 g/mol. The first-order valence-corrected chi connectivity index (χ1v) is 6.50. The van der Waals surface area contributed by atoms with Gasteiger partial charge in [0.15, 0.2) is 5.82 Å². The van der Waals surface area contributed by atoms with Crippen molar-refractivity contribution in [3.8, 4) is 11.4 Å². The van der Waals surface area contributed by atoms with Gasteiger partial charge in [0.1, 0.15) is 5.82 Å². The van der Waals surface area contributed by atoms with Crippen LogP contribution in [0.2, 0.25) is 0 Å². The summed E-state index contributed by atoms with van der Waals surface area (Å²) in [5, 5.41) is 11.7. The lowest BCUT2D eigenvalue weighted by atomic mass is 9.80. The van der Waals surface area contributed by atoms with Crippen LogP contribution in [0.3, 0.4) is 0 Å². The second kappa shape index (κ2) is 4.82. The number of anilines is 1. The molecule has 0 spiro atoms. The zero-order valence-corrected chi connectivity index (χ0v) is 11.2. The number of hydrogen-bond donors (Lipinski definition) is 1. The standard InChI is InChI=1S/C13H16FN5O/c1-20-13(5-2-6-13)8-19-12(16-17-18-19)10-4-3-9(14)7-11(10)15/h3-4,7H,2,5-6,8,15H2,1H3. The SMILES string of the molecule is COC1(Cn2nnnc2-c2ccc(F)cc2N)CCC1. The third-order valence-corrected chi connectivity index (χ3v) is 3.92. The third kappa shape index (κ3) is 2.14. The Morgan fingerprint density at radius 3 is 2.85 bits per heavy atom. The molecule has 1 aromatic heterocycles. The molecule has 6 nitrogen and oxygen atoms in total. The predicted molar refractivity (Wildman–Crippen MR) is 71.2 cm³/mol. The molecule has 7 heteroatoms. The maximum atomic E-state index is 13.1. The van der Waals surface area contributed by atoms with E-state index in [0.717, 1.165) is 19.3 Å². The summed E-state index contributed by atoms with van der Waals surface area (Å²) in [5.41, 5.74) is 6.60. The molecule has 0 aliphatic heterocycles. The molecule has 0 saturated heterocycles. The van der Waals surface area contributed by atoms with Gasteiger partial charge in [-0.05, 0) is 47.9 Å². The molecule has 2 aromatic rings. The number of benzene rings is 1. The Morgan fingerprint density at radius 1 is 1.45 bits per heavy atom. The summed E-state index contributed by atoms with van der Waals surface area (Å²) in [4.78, 5) is 0. The third-order valence-electron chi connectivity index (χ3n) is 3.92. The van der Waals surface area contributed by atoms with Crippen LogP contribution < -0.4 is 5.73 Å². The number of ether oxygens (including phenoxy) is 1. The van der Waals surface area contributed by atoms with Crippen molar-refractivity contribution >= 4 is 5.69 Å². The van der Waals surface area contributed by atoms with Crippen molar-refractivity contribution in [3.05, 3.63) is 24.0 Å². The van der Waals surface area contributed by atoms with Gasteiger partial charge < -0.3 is 10.5 Å². The Morgan fingerprint density at radius 2 is 2.25 bits per heavy atom. The van der Waals surface area contributed by atoms with Crippen molar-refractivity contribution in [3.63, 3.8) is 0 Å². The normalized spacial score (nSPS) is 16.9. The van der Waals surface area contributed by atoms with Gasteiger partial charge in [0, 0.05) is 18.4 Å². The number of nitrogens with two attached hydrogens (primary N) is 1. The molecule has 1 aliphatic rings. The van der Waals surface area contributed by atoms with Gasteiger partial charge >= 0.3 is 0 Å². The van der Waals surface area contributed by atoms with E-state index >= 15 is 0 Å². The molecular weight excluding hydrogens is 261 g/mol. The zero-order valence-electron chi connectivity index (χ0n) is 11.2. The van der Waals surface area contributed by atoms with Crippen molar-refractivity contribution < 1.29 is 9.13 Å². The van der Waals surface area contributed by atoms with E-state index in [0.29, 0.717) is 23.6 Å². The summed E-state index contributed by atoms with van der Waals surface area (Å²) < 4.78 is 20.4. The van der Waals surface area contributed by atoms with Crippen LogP contribution in [0, 0.1) is 5.82 Å². The molecule has 1 saturated carbocycles. The molecule has 20 heavy (non-hydrogen) atoms. The van der Waals surface area contributed by atoms with E-state index in [9.17, 15) is 4.39 Å². The molecule has 0 atom stereocenters. The summed E-state index contributed by atoms with van der Waals surface area (Å²) in [6, 6.07) is 4.21. The average molecular weight is 277 g/mol. The van der Waals surface area contributed by atoms with E-state index in [1.807, 2.05) is 0 Å². The number of tetrazole rings is 1. The lowest BCUT2D eigenvalue weighted by molar-refractivity contribution is -0.0855. The van der Waals surface area contributed by atoms with Gasteiger partial charge in [-0.1, -0.05) is 0 Å². The topological polar surface area (TPSA) is 78.8 Å². The maximum absolute atomic E-state index is 13.1. The minimum absolute atomic E-state index is 0.196. The van der Waals surface area contributed by atoms with Gasteiger partial charge in [-0.25, -0.2) is 9.07 Å². The smallest absolute Gasteiger partial charge is 0.184 e. The molecular formula is C13H16FN5O. The molecule has 2 N–H and O–H groups in total. The summed E-state index contributed by atoms with van der Waals surface area (Å²) in [6.07, 6.45) is 3.12. The number of aromatic nitrogens is 4. The number of hydrogen-bond acceptors (Lipinski definition) is 5. The van der Waals surface area contributed by atoms with Gasteiger partial charge in [0.05, 0.1) is 12.1 Å². The molecule has 1 aromatic carbocycles. The molecule has 0 amide bonds. The van der Waals surface area contributed by atoms with E-state index < -0.39 is 0 Å². The van der Waals surface area contributed by atoms with Crippen molar-refractivity contribution in [2.45, 2.75) is 31.4 Å². The minimum atomic E-state index is -0.377. The fraction of sp³-hybridized carbons (Fsp3) is 0.462. The fourth-order valence-electron chi connectivity index (χ4n) is 2.51. The van der Waals surface area contributed by atoms with Crippen LogP contribution in [0.5, 0.6) is 0 Å². The van der Waals surface area contributed by atoms with Gasteiger partial charge in [-0.15, -0.1) is 5.10 Å². The second-order valence-electron chi connectivity index (χ2n) is 5.13. The second-order valence-corrected chi connectivity index (χ2v) is 5.13. The van der Waals surface area contributed by atoms with Gasteiger partial charge in [-0.3, -0.25) is 0 Å². The van der Waals surface area contributed by atoms with E-state index in [-0.39, 0.29) is 11.4 Å². The Labute approximate surface area is 115 Å². The minimum Gasteiger partial charge on any atom is -0.398 e. The molecule has 0 bridgehead atoms. The lowest BCUT2D eigenvalue weighted by Crippen LogP contribution is -2.43. The highest BCUT2D eigenvalue weighted by atomic mass is 19.1. The van der Waals surface area contributed by atoms with E-state index in [4.69, 9.17) is 10.5 Å². The zero-order chi connectivity index (χ0) is 14.2. The molecule has 106 valence electrons.